The summed E-state index contributed by atoms with van der Waals surface area (Å²) >= 11 is 7.94. The molecule has 0 unspecified atom stereocenters. The van der Waals surface area contributed by atoms with E-state index < -0.39 is 0 Å². The summed E-state index contributed by atoms with van der Waals surface area (Å²) in [5.74, 6) is 0.0000359. The number of thiazole rings is 1. The largest absolute Gasteiger partial charge is 0.345 e. The van der Waals surface area contributed by atoms with Crippen LogP contribution in [0.15, 0.2) is 24.4 Å². The minimum absolute atomic E-state index is 0.0000359. The molecule has 0 saturated carbocycles. The van der Waals surface area contributed by atoms with Crippen LogP contribution in [-0.4, -0.2) is 51.8 Å². The van der Waals surface area contributed by atoms with Crippen molar-refractivity contribution in [1.82, 2.24) is 19.7 Å². The van der Waals surface area contributed by atoms with Crippen molar-refractivity contribution in [2.24, 2.45) is 0 Å². The van der Waals surface area contributed by atoms with E-state index in [1.54, 1.807) is 22.1 Å². The summed E-state index contributed by atoms with van der Waals surface area (Å²) in [7, 11) is 0. The molecule has 0 aliphatic carbocycles. The van der Waals surface area contributed by atoms with Gasteiger partial charge in [0.25, 0.3) is 5.91 Å². The van der Waals surface area contributed by atoms with Crippen LogP contribution in [0.2, 0.25) is 5.02 Å². The molecule has 0 radical (unpaired) electrons. The quantitative estimate of drug-likeness (QED) is 0.688. The van der Waals surface area contributed by atoms with Crippen LogP contribution < -0.4 is 4.90 Å². The van der Waals surface area contributed by atoms with Gasteiger partial charge >= 0.3 is 0 Å². The summed E-state index contributed by atoms with van der Waals surface area (Å²) in [5.41, 5.74) is 2.62. The number of aryl methyl sites for hydroxylation is 2. The second-order valence-corrected chi connectivity index (χ2v) is 7.76. The molecule has 0 N–H and O–H groups in total. The van der Waals surface area contributed by atoms with Crippen LogP contribution in [0.5, 0.6) is 0 Å². The SMILES string of the molecule is CCn1ccc(C(=O)N2CCN(c3nc4c(C)ccc(Cl)c4s3)CC2)n1. The van der Waals surface area contributed by atoms with Gasteiger partial charge in [0.05, 0.1) is 15.2 Å². The normalized spacial score (nSPS) is 15.0. The maximum atomic E-state index is 12.6. The van der Waals surface area contributed by atoms with Crippen LogP contribution in [-0.2, 0) is 6.54 Å². The van der Waals surface area contributed by atoms with Gasteiger partial charge in [-0.2, -0.15) is 5.10 Å². The van der Waals surface area contributed by atoms with E-state index in [0.717, 1.165) is 45.6 Å². The molecule has 26 heavy (non-hydrogen) atoms. The predicted octanol–water partition coefficient (Wildman–Crippen LogP) is 3.44. The predicted molar refractivity (Wildman–Crippen MR) is 105 cm³/mol. The molecule has 3 heterocycles. The molecule has 2 aromatic heterocycles. The highest BCUT2D eigenvalue weighted by molar-refractivity contribution is 7.22. The lowest BCUT2D eigenvalue weighted by Crippen LogP contribution is -2.48. The Bertz CT molecular complexity index is 919. The molecule has 3 aromatic rings. The Morgan fingerprint density at radius 3 is 2.65 bits per heavy atom. The Hall–Kier alpha value is -2.12. The number of carbonyl (C=O) groups excluding carboxylic acids is 1. The zero-order valence-electron chi connectivity index (χ0n) is 14.8. The number of piperazine rings is 1. The Labute approximate surface area is 161 Å². The first kappa shape index (κ1) is 17.3. The highest BCUT2D eigenvalue weighted by Gasteiger charge is 2.25. The number of fused-ring (bicyclic) bond motifs is 1. The first-order valence-electron chi connectivity index (χ1n) is 8.70. The van der Waals surface area contributed by atoms with Gasteiger partial charge in [0.15, 0.2) is 5.13 Å². The Balaban J connectivity index is 1.47. The third kappa shape index (κ3) is 3.05. The smallest absolute Gasteiger partial charge is 0.274 e. The van der Waals surface area contributed by atoms with Gasteiger partial charge in [-0.15, -0.1) is 0 Å². The number of hydrogen-bond acceptors (Lipinski definition) is 5. The highest BCUT2D eigenvalue weighted by Crippen LogP contribution is 2.35. The lowest BCUT2D eigenvalue weighted by Gasteiger charge is -2.34. The van der Waals surface area contributed by atoms with E-state index in [4.69, 9.17) is 16.6 Å². The van der Waals surface area contributed by atoms with Crippen molar-refractivity contribution in [3.63, 3.8) is 0 Å². The van der Waals surface area contributed by atoms with E-state index in [-0.39, 0.29) is 5.91 Å². The monoisotopic (exact) mass is 389 g/mol. The van der Waals surface area contributed by atoms with Gasteiger partial charge in [0.2, 0.25) is 0 Å². The third-order valence-corrected chi connectivity index (χ3v) is 6.28. The molecule has 1 aromatic carbocycles. The van der Waals surface area contributed by atoms with E-state index in [1.807, 2.05) is 37.1 Å². The second-order valence-electron chi connectivity index (χ2n) is 6.37. The number of anilines is 1. The molecule has 1 aliphatic heterocycles. The maximum Gasteiger partial charge on any atom is 0.274 e. The van der Waals surface area contributed by atoms with Crippen molar-refractivity contribution >= 4 is 44.2 Å². The molecule has 6 nitrogen and oxygen atoms in total. The topological polar surface area (TPSA) is 54.3 Å². The van der Waals surface area contributed by atoms with E-state index in [0.29, 0.717) is 18.8 Å². The third-order valence-electron chi connectivity index (χ3n) is 4.71. The van der Waals surface area contributed by atoms with Crippen LogP contribution >= 0.6 is 22.9 Å². The first-order chi connectivity index (χ1) is 12.6. The van der Waals surface area contributed by atoms with Crippen LogP contribution in [0, 0.1) is 6.92 Å². The average molecular weight is 390 g/mol. The highest BCUT2D eigenvalue weighted by atomic mass is 35.5. The van der Waals surface area contributed by atoms with Crippen LogP contribution in [0.3, 0.4) is 0 Å². The van der Waals surface area contributed by atoms with Gasteiger partial charge in [0, 0.05) is 38.9 Å². The first-order valence-corrected chi connectivity index (χ1v) is 9.89. The van der Waals surface area contributed by atoms with Gasteiger partial charge in [-0.3, -0.25) is 9.48 Å². The second kappa shape index (κ2) is 6.89. The zero-order valence-corrected chi connectivity index (χ0v) is 16.3. The minimum Gasteiger partial charge on any atom is -0.345 e. The summed E-state index contributed by atoms with van der Waals surface area (Å²) in [5, 5.41) is 6.03. The molecule has 1 amide bonds. The molecular weight excluding hydrogens is 370 g/mol. The number of benzene rings is 1. The fourth-order valence-electron chi connectivity index (χ4n) is 3.14. The van der Waals surface area contributed by atoms with E-state index in [1.165, 1.54) is 0 Å². The molecule has 0 atom stereocenters. The number of amides is 1. The summed E-state index contributed by atoms with van der Waals surface area (Å²) in [6.45, 7) is 7.68. The summed E-state index contributed by atoms with van der Waals surface area (Å²) in [4.78, 5) is 21.5. The Morgan fingerprint density at radius 2 is 2.00 bits per heavy atom. The molecule has 0 bridgehead atoms. The summed E-state index contributed by atoms with van der Waals surface area (Å²) in [6, 6.07) is 5.71. The number of hydrogen-bond donors (Lipinski definition) is 0. The molecular formula is C18H20ClN5OS. The average Bonchev–Trinajstić information content (AvgIpc) is 3.32. The molecule has 8 heteroatoms. The molecule has 1 fully saturated rings. The summed E-state index contributed by atoms with van der Waals surface area (Å²) in [6.07, 6.45) is 1.84. The van der Waals surface area contributed by atoms with Gasteiger partial charge in [-0.25, -0.2) is 4.98 Å². The fourth-order valence-corrected chi connectivity index (χ4v) is 4.51. The lowest BCUT2D eigenvalue weighted by molar-refractivity contribution is 0.0740. The Morgan fingerprint density at radius 1 is 1.23 bits per heavy atom. The minimum atomic E-state index is 0.0000359. The standard InChI is InChI=1S/C18H20ClN5OS/c1-3-24-7-6-14(21-24)17(25)22-8-10-23(11-9-22)18-20-15-12(2)4-5-13(19)16(15)26-18/h4-7H,3,8-11H2,1-2H3. The van der Waals surface area contributed by atoms with Crippen molar-refractivity contribution in [2.45, 2.75) is 20.4 Å². The number of aromatic nitrogens is 3. The molecule has 1 aliphatic rings. The molecule has 136 valence electrons. The van der Waals surface area contributed by atoms with E-state index in [2.05, 4.69) is 10.00 Å². The van der Waals surface area contributed by atoms with Crippen molar-refractivity contribution < 1.29 is 4.79 Å². The van der Waals surface area contributed by atoms with Crippen molar-refractivity contribution in [2.75, 3.05) is 31.1 Å². The van der Waals surface area contributed by atoms with Gasteiger partial charge in [-0.05, 0) is 31.5 Å². The van der Waals surface area contributed by atoms with Crippen LogP contribution in [0.1, 0.15) is 23.0 Å². The van der Waals surface area contributed by atoms with Gasteiger partial charge in [-0.1, -0.05) is 29.0 Å². The van der Waals surface area contributed by atoms with Crippen LogP contribution in [0.25, 0.3) is 10.2 Å². The number of carbonyl (C=O) groups is 1. The van der Waals surface area contributed by atoms with Gasteiger partial charge in [0.1, 0.15) is 5.69 Å². The number of rotatable bonds is 3. The fraction of sp³-hybridized carbons (Fsp3) is 0.389. The maximum absolute atomic E-state index is 12.6. The number of halogens is 1. The van der Waals surface area contributed by atoms with E-state index >= 15 is 0 Å². The van der Waals surface area contributed by atoms with E-state index in [9.17, 15) is 4.79 Å². The molecule has 0 spiro atoms. The molecule has 4 rings (SSSR count). The van der Waals surface area contributed by atoms with Gasteiger partial charge < -0.3 is 9.80 Å². The van der Waals surface area contributed by atoms with Crippen LogP contribution in [0.4, 0.5) is 5.13 Å². The summed E-state index contributed by atoms with van der Waals surface area (Å²) < 4.78 is 2.81. The van der Waals surface area contributed by atoms with Crippen molar-refractivity contribution in [1.29, 1.82) is 0 Å². The van der Waals surface area contributed by atoms with Crippen molar-refractivity contribution in [3.05, 3.63) is 40.7 Å². The van der Waals surface area contributed by atoms with Crippen molar-refractivity contribution in [3.8, 4) is 0 Å². The zero-order chi connectivity index (χ0) is 18.3. The number of nitrogens with zero attached hydrogens (tertiary/aromatic N) is 5. The lowest BCUT2D eigenvalue weighted by atomic mass is 10.2. The Kier molecular flexibility index (Phi) is 4.58. The molecule has 1 saturated heterocycles.